The molecule has 1 aromatic carbocycles. The molecule has 0 unspecified atom stereocenters. The average molecular weight is 372 g/mol. The van der Waals surface area contributed by atoms with Crippen LogP contribution in [-0.4, -0.2) is 41.0 Å². The molecule has 0 saturated heterocycles. The van der Waals surface area contributed by atoms with E-state index in [2.05, 4.69) is 21.5 Å². The topological polar surface area (TPSA) is 78.3 Å². The molecule has 26 heavy (non-hydrogen) atoms. The lowest BCUT2D eigenvalue weighted by Crippen LogP contribution is -2.38. The van der Waals surface area contributed by atoms with Crippen molar-refractivity contribution in [3.05, 3.63) is 35.5 Å². The Morgan fingerprint density at radius 3 is 2.88 bits per heavy atom. The summed E-state index contributed by atoms with van der Waals surface area (Å²) in [6, 6.07) is 5.35. The molecule has 0 bridgehead atoms. The number of anilines is 1. The monoisotopic (exact) mass is 372 g/mol. The maximum atomic E-state index is 12.8. The van der Waals surface area contributed by atoms with Gasteiger partial charge in [-0.05, 0) is 24.8 Å². The van der Waals surface area contributed by atoms with Gasteiger partial charge in [-0.3, -0.25) is 4.79 Å². The number of thioether (sulfide) groups is 1. The predicted molar refractivity (Wildman–Crippen MR) is 98.9 cm³/mol. The van der Waals surface area contributed by atoms with Crippen molar-refractivity contribution in [1.82, 2.24) is 14.8 Å². The third-order valence-corrected chi connectivity index (χ3v) is 5.36. The van der Waals surface area contributed by atoms with Crippen molar-refractivity contribution in [3.63, 3.8) is 0 Å². The lowest BCUT2D eigenvalue weighted by molar-refractivity contribution is -0.123. The summed E-state index contributed by atoms with van der Waals surface area (Å²) >= 11 is 1.47. The van der Waals surface area contributed by atoms with Gasteiger partial charge in [0.1, 0.15) is 17.3 Å². The summed E-state index contributed by atoms with van der Waals surface area (Å²) < 4.78 is 12.7. The van der Waals surface area contributed by atoms with Crippen LogP contribution in [0.2, 0.25) is 0 Å². The Hall–Kier alpha value is -2.48. The van der Waals surface area contributed by atoms with Gasteiger partial charge in [-0.1, -0.05) is 17.8 Å². The zero-order valence-corrected chi connectivity index (χ0v) is 15.7. The minimum absolute atomic E-state index is 0.199. The van der Waals surface area contributed by atoms with Crippen LogP contribution in [0.1, 0.15) is 24.4 Å². The number of hydrogen-bond acceptors (Lipinski definition) is 7. The number of Topliss-reactive ketones (excluding diaryl/α,β-unsaturated/α-hetero) is 1. The number of aromatic nitrogens is 3. The molecule has 1 aromatic heterocycles. The Morgan fingerprint density at radius 2 is 2.15 bits per heavy atom. The van der Waals surface area contributed by atoms with Crippen LogP contribution in [0.3, 0.4) is 0 Å². The Labute approximate surface area is 155 Å². The van der Waals surface area contributed by atoms with E-state index in [1.165, 1.54) is 11.8 Å². The van der Waals surface area contributed by atoms with Crippen LogP contribution in [0.4, 0.5) is 5.95 Å². The fourth-order valence-corrected chi connectivity index (χ4v) is 3.96. The maximum absolute atomic E-state index is 12.8. The van der Waals surface area contributed by atoms with Gasteiger partial charge in [0.25, 0.3) is 0 Å². The zero-order chi connectivity index (χ0) is 18.3. The van der Waals surface area contributed by atoms with E-state index in [0.29, 0.717) is 29.0 Å². The summed E-state index contributed by atoms with van der Waals surface area (Å²) in [4.78, 5) is 17.3. The second-order valence-corrected chi connectivity index (χ2v) is 6.96. The lowest BCUT2D eigenvalue weighted by atomic mass is 9.80. The summed E-state index contributed by atoms with van der Waals surface area (Å²) in [5, 5.41) is 8.57. The maximum Gasteiger partial charge on any atom is 0.227 e. The quantitative estimate of drug-likeness (QED) is 0.827. The van der Waals surface area contributed by atoms with Crippen LogP contribution < -0.4 is 14.8 Å². The molecule has 2 aromatic rings. The van der Waals surface area contributed by atoms with E-state index in [1.54, 1.807) is 18.9 Å². The summed E-state index contributed by atoms with van der Waals surface area (Å²) in [7, 11) is 3.24. The van der Waals surface area contributed by atoms with E-state index in [1.807, 2.05) is 24.5 Å². The summed E-state index contributed by atoms with van der Waals surface area (Å²) in [5.74, 6) is 1.89. The van der Waals surface area contributed by atoms with E-state index in [-0.39, 0.29) is 17.7 Å². The largest absolute Gasteiger partial charge is 0.497 e. The minimum Gasteiger partial charge on any atom is -0.497 e. The van der Waals surface area contributed by atoms with Crippen LogP contribution in [0.25, 0.3) is 0 Å². The van der Waals surface area contributed by atoms with Gasteiger partial charge in [0, 0.05) is 23.7 Å². The molecule has 0 saturated carbocycles. The molecule has 2 aliphatic rings. The molecular weight excluding hydrogens is 352 g/mol. The van der Waals surface area contributed by atoms with Crippen molar-refractivity contribution in [2.45, 2.75) is 24.0 Å². The van der Waals surface area contributed by atoms with Crippen molar-refractivity contribution >= 4 is 23.5 Å². The number of carbonyl (C=O) groups is 1. The molecule has 2 heterocycles. The fraction of sp³-hybridized carbons (Fsp3) is 0.389. The zero-order valence-electron chi connectivity index (χ0n) is 14.9. The SMILES string of the molecule is COc1ccc([C@H]2[C@@H]3C(=O)CCC=C3Nc3nc(SC)nn32)c(OC)c1. The second-order valence-electron chi connectivity index (χ2n) is 6.19. The number of allylic oxidation sites excluding steroid dienone is 2. The second kappa shape index (κ2) is 6.68. The van der Waals surface area contributed by atoms with Gasteiger partial charge in [0.2, 0.25) is 11.1 Å². The number of methoxy groups -OCH3 is 2. The molecule has 1 aliphatic carbocycles. The smallest absolute Gasteiger partial charge is 0.227 e. The van der Waals surface area contributed by atoms with Crippen LogP contribution >= 0.6 is 11.8 Å². The van der Waals surface area contributed by atoms with E-state index in [9.17, 15) is 4.79 Å². The van der Waals surface area contributed by atoms with Crippen molar-refractivity contribution in [2.75, 3.05) is 25.8 Å². The van der Waals surface area contributed by atoms with Gasteiger partial charge in [0.05, 0.1) is 26.2 Å². The Kier molecular flexibility index (Phi) is 4.36. The molecule has 0 radical (unpaired) electrons. The molecule has 4 rings (SSSR count). The van der Waals surface area contributed by atoms with E-state index >= 15 is 0 Å². The van der Waals surface area contributed by atoms with Crippen molar-refractivity contribution in [3.8, 4) is 11.5 Å². The minimum atomic E-state index is -0.324. The van der Waals surface area contributed by atoms with Gasteiger partial charge < -0.3 is 14.8 Å². The molecule has 1 N–H and O–H groups in total. The first-order chi connectivity index (χ1) is 12.7. The summed E-state index contributed by atoms with van der Waals surface area (Å²) in [6.45, 7) is 0. The third-order valence-electron chi connectivity index (χ3n) is 4.83. The average Bonchev–Trinajstić information content (AvgIpc) is 3.09. The Balaban J connectivity index is 1.92. The number of ether oxygens (including phenoxy) is 2. The van der Waals surface area contributed by atoms with Crippen LogP contribution in [0.15, 0.2) is 35.1 Å². The Morgan fingerprint density at radius 1 is 1.31 bits per heavy atom. The highest BCUT2D eigenvalue weighted by Gasteiger charge is 2.42. The number of fused-ring (bicyclic) bond motifs is 2. The number of carbonyl (C=O) groups excluding carboxylic acids is 1. The number of benzene rings is 1. The van der Waals surface area contributed by atoms with Gasteiger partial charge >= 0.3 is 0 Å². The van der Waals surface area contributed by atoms with E-state index in [4.69, 9.17) is 9.47 Å². The summed E-state index contributed by atoms with van der Waals surface area (Å²) in [6.07, 6.45) is 5.30. The predicted octanol–water partition coefficient (Wildman–Crippen LogP) is 2.90. The first kappa shape index (κ1) is 17.0. The van der Waals surface area contributed by atoms with Crippen LogP contribution in [0.5, 0.6) is 11.5 Å². The third kappa shape index (κ3) is 2.65. The molecule has 1 aliphatic heterocycles. The molecule has 0 amide bonds. The molecular formula is C18H20N4O3S. The molecule has 8 heteroatoms. The summed E-state index contributed by atoms with van der Waals surface area (Å²) in [5.41, 5.74) is 1.79. The molecule has 7 nitrogen and oxygen atoms in total. The molecule has 136 valence electrons. The highest BCUT2D eigenvalue weighted by molar-refractivity contribution is 7.98. The Bertz CT molecular complexity index is 893. The van der Waals surface area contributed by atoms with Crippen LogP contribution in [-0.2, 0) is 4.79 Å². The first-order valence-corrected chi connectivity index (χ1v) is 9.61. The number of nitrogens with one attached hydrogen (secondary N) is 1. The lowest BCUT2D eigenvalue weighted by Gasteiger charge is -2.36. The highest BCUT2D eigenvalue weighted by atomic mass is 32.2. The number of rotatable bonds is 4. The fourth-order valence-electron chi connectivity index (χ4n) is 3.61. The molecule has 0 fully saturated rings. The van der Waals surface area contributed by atoms with Gasteiger partial charge in [-0.2, -0.15) is 4.98 Å². The van der Waals surface area contributed by atoms with Crippen LogP contribution in [0, 0.1) is 5.92 Å². The van der Waals surface area contributed by atoms with Gasteiger partial charge in [-0.15, -0.1) is 5.10 Å². The number of nitrogens with zero attached hydrogens (tertiary/aromatic N) is 3. The van der Waals surface area contributed by atoms with Gasteiger partial charge in [0.15, 0.2) is 0 Å². The van der Waals surface area contributed by atoms with Crippen molar-refractivity contribution in [2.24, 2.45) is 5.92 Å². The van der Waals surface area contributed by atoms with Crippen molar-refractivity contribution < 1.29 is 14.3 Å². The normalized spacial score (nSPS) is 21.3. The number of ketones is 1. The highest BCUT2D eigenvalue weighted by Crippen LogP contribution is 2.45. The standard InChI is InChI=1S/C18H20N4O3S/c1-24-10-7-8-11(14(9-10)25-2)16-15-12(5-4-6-13(15)23)19-17-20-18(26-3)21-22(16)17/h5,7-9,15-16H,4,6H2,1-3H3,(H,19,20,21)/t15-,16-/m0/s1. The molecule has 0 spiro atoms. The van der Waals surface area contributed by atoms with Crippen molar-refractivity contribution in [1.29, 1.82) is 0 Å². The number of hydrogen-bond donors (Lipinski definition) is 1. The first-order valence-electron chi connectivity index (χ1n) is 8.38. The van der Waals surface area contributed by atoms with Gasteiger partial charge in [-0.25, -0.2) is 4.68 Å². The van der Waals surface area contributed by atoms with E-state index < -0.39 is 0 Å². The molecule has 2 atom stereocenters. The van der Waals surface area contributed by atoms with E-state index in [0.717, 1.165) is 17.7 Å².